The molecular weight excluding hydrogens is 286 g/mol. The van der Waals surface area contributed by atoms with Gasteiger partial charge in [-0.2, -0.15) is 0 Å². The number of alkyl carbamates (subject to hydrolysis) is 1. The minimum atomic E-state index is -0.783. The minimum Gasteiger partial charge on any atom is -0.461 e. The first kappa shape index (κ1) is 14.3. The van der Waals surface area contributed by atoms with E-state index in [1.54, 1.807) is 24.3 Å². The summed E-state index contributed by atoms with van der Waals surface area (Å²) in [5.41, 5.74) is 0.816. The molecule has 1 aliphatic heterocycles. The second-order valence-corrected chi connectivity index (χ2v) is 4.67. The number of esters is 2. The van der Waals surface area contributed by atoms with Crippen LogP contribution in [0.25, 0.3) is 0 Å². The number of carbonyl (C=O) groups is 3. The maximum Gasteiger partial charge on any atom is 0.415 e. The Morgan fingerprint density at radius 2 is 2.00 bits per heavy atom. The molecule has 1 saturated heterocycles. The fourth-order valence-electron chi connectivity index (χ4n) is 1.66. The highest BCUT2D eigenvalue weighted by Crippen LogP contribution is 2.12. The molecule has 1 amide bonds. The first-order valence-corrected chi connectivity index (χ1v) is 6.34. The predicted octanol–water partition coefficient (Wildman–Crippen LogP) is 1.80. The molecule has 1 fully saturated rings. The third kappa shape index (κ3) is 3.96. The van der Waals surface area contributed by atoms with E-state index in [2.05, 4.69) is 10.1 Å². The Labute approximate surface area is 120 Å². The summed E-state index contributed by atoms with van der Waals surface area (Å²) >= 11 is 5.74. The summed E-state index contributed by atoms with van der Waals surface area (Å²) in [4.78, 5) is 33.4. The van der Waals surface area contributed by atoms with E-state index >= 15 is 0 Å². The molecule has 0 aliphatic carbocycles. The van der Waals surface area contributed by atoms with E-state index in [1.165, 1.54) is 0 Å². The number of cyclic esters (lactones) is 2. The lowest BCUT2D eigenvalue weighted by molar-refractivity contribution is -0.145. The van der Waals surface area contributed by atoms with E-state index in [9.17, 15) is 14.4 Å². The molecule has 0 spiro atoms. The molecule has 7 heteroatoms. The van der Waals surface area contributed by atoms with Crippen LogP contribution in [-0.2, 0) is 25.7 Å². The quantitative estimate of drug-likeness (QED) is 0.662. The SMILES string of the molecule is O=C(CCC1NC(=O)OC1=O)OCc1ccc(Cl)cc1. The van der Waals surface area contributed by atoms with Crippen LogP contribution in [0.4, 0.5) is 4.79 Å². The second-order valence-electron chi connectivity index (χ2n) is 4.23. The second kappa shape index (κ2) is 6.38. The van der Waals surface area contributed by atoms with E-state index in [4.69, 9.17) is 16.3 Å². The van der Waals surface area contributed by atoms with Crippen molar-refractivity contribution in [3.8, 4) is 0 Å². The van der Waals surface area contributed by atoms with Crippen LogP contribution in [0, 0.1) is 0 Å². The first-order chi connectivity index (χ1) is 9.54. The number of nitrogens with one attached hydrogen (secondary N) is 1. The van der Waals surface area contributed by atoms with E-state index in [0.717, 1.165) is 5.56 Å². The van der Waals surface area contributed by atoms with Gasteiger partial charge in [0.05, 0.1) is 0 Å². The van der Waals surface area contributed by atoms with Crippen molar-refractivity contribution in [3.63, 3.8) is 0 Å². The lowest BCUT2D eigenvalue weighted by Crippen LogP contribution is -2.29. The fraction of sp³-hybridized carbons (Fsp3) is 0.308. The highest BCUT2D eigenvalue weighted by atomic mass is 35.5. The summed E-state index contributed by atoms with van der Waals surface area (Å²) in [6, 6.07) is 6.14. The van der Waals surface area contributed by atoms with E-state index in [-0.39, 0.29) is 19.4 Å². The number of ether oxygens (including phenoxy) is 2. The average molecular weight is 298 g/mol. The van der Waals surface area contributed by atoms with Gasteiger partial charge in [-0.05, 0) is 24.1 Å². The van der Waals surface area contributed by atoms with Crippen LogP contribution in [0.3, 0.4) is 0 Å². The molecule has 20 heavy (non-hydrogen) atoms. The molecule has 2 rings (SSSR count). The molecule has 1 heterocycles. The van der Waals surface area contributed by atoms with Gasteiger partial charge in [0.2, 0.25) is 0 Å². The molecule has 1 aromatic rings. The summed E-state index contributed by atoms with van der Waals surface area (Å²) in [5, 5.41) is 2.91. The summed E-state index contributed by atoms with van der Waals surface area (Å²) in [7, 11) is 0. The topological polar surface area (TPSA) is 81.7 Å². The summed E-state index contributed by atoms with van der Waals surface area (Å²) in [6.07, 6.45) is -0.605. The maximum atomic E-state index is 11.5. The molecule has 1 aliphatic rings. The van der Waals surface area contributed by atoms with Crippen LogP contribution >= 0.6 is 11.6 Å². The number of carbonyl (C=O) groups excluding carboxylic acids is 3. The van der Waals surface area contributed by atoms with Gasteiger partial charge in [0.15, 0.2) is 0 Å². The third-order valence-electron chi connectivity index (χ3n) is 2.72. The van der Waals surface area contributed by atoms with Gasteiger partial charge in [-0.15, -0.1) is 0 Å². The van der Waals surface area contributed by atoms with Crippen molar-refractivity contribution in [2.24, 2.45) is 0 Å². The van der Waals surface area contributed by atoms with Crippen LogP contribution < -0.4 is 5.32 Å². The Morgan fingerprint density at radius 1 is 1.30 bits per heavy atom. The van der Waals surface area contributed by atoms with Gasteiger partial charge >= 0.3 is 18.0 Å². The number of hydrogen-bond acceptors (Lipinski definition) is 5. The largest absolute Gasteiger partial charge is 0.461 e. The number of hydrogen-bond donors (Lipinski definition) is 1. The first-order valence-electron chi connectivity index (χ1n) is 5.97. The molecule has 0 saturated carbocycles. The lowest BCUT2D eigenvalue weighted by atomic mass is 10.1. The Morgan fingerprint density at radius 3 is 2.60 bits per heavy atom. The number of halogens is 1. The van der Waals surface area contributed by atoms with Gasteiger partial charge in [0.1, 0.15) is 12.6 Å². The molecule has 1 unspecified atom stereocenters. The van der Waals surface area contributed by atoms with Gasteiger partial charge in [-0.3, -0.25) is 4.79 Å². The van der Waals surface area contributed by atoms with Crippen LogP contribution in [0.15, 0.2) is 24.3 Å². The molecule has 1 aromatic carbocycles. The lowest BCUT2D eigenvalue weighted by Gasteiger charge is -2.07. The van der Waals surface area contributed by atoms with Gasteiger partial charge in [-0.25, -0.2) is 9.59 Å². The molecule has 6 nitrogen and oxygen atoms in total. The number of benzene rings is 1. The zero-order valence-electron chi connectivity index (χ0n) is 10.4. The third-order valence-corrected chi connectivity index (χ3v) is 2.97. The van der Waals surface area contributed by atoms with Gasteiger partial charge in [0, 0.05) is 11.4 Å². The molecular formula is C13H12ClNO5. The summed E-state index contributed by atoms with van der Waals surface area (Å²) in [6.45, 7) is 0.136. The molecule has 0 radical (unpaired) electrons. The zero-order valence-corrected chi connectivity index (χ0v) is 11.2. The van der Waals surface area contributed by atoms with Crippen molar-refractivity contribution in [1.29, 1.82) is 0 Å². The van der Waals surface area contributed by atoms with Crippen molar-refractivity contribution < 1.29 is 23.9 Å². The van der Waals surface area contributed by atoms with Crippen LogP contribution in [0.2, 0.25) is 5.02 Å². The summed E-state index contributed by atoms with van der Waals surface area (Å²) < 4.78 is 9.34. The van der Waals surface area contributed by atoms with Crippen LogP contribution in [-0.4, -0.2) is 24.1 Å². The average Bonchev–Trinajstić information content (AvgIpc) is 2.74. The number of rotatable bonds is 5. The standard InChI is InChI=1S/C13H12ClNO5/c14-9-3-1-8(2-4-9)7-19-11(16)6-5-10-12(17)20-13(18)15-10/h1-4,10H,5-7H2,(H,15,18). The van der Waals surface area contributed by atoms with Gasteiger partial charge < -0.3 is 14.8 Å². The van der Waals surface area contributed by atoms with Gasteiger partial charge in [-0.1, -0.05) is 23.7 Å². The smallest absolute Gasteiger partial charge is 0.415 e. The zero-order chi connectivity index (χ0) is 14.5. The van der Waals surface area contributed by atoms with Crippen molar-refractivity contribution in [2.45, 2.75) is 25.5 Å². The fourth-order valence-corrected chi connectivity index (χ4v) is 1.79. The van der Waals surface area contributed by atoms with Crippen LogP contribution in [0.5, 0.6) is 0 Å². The highest BCUT2D eigenvalue weighted by molar-refractivity contribution is 6.30. The monoisotopic (exact) mass is 297 g/mol. The maximum absolute atomic E-state index is 11.5. The Kier molecular flexibility index (Phi) is 4.57. The predicted molar refractivity (Wildman–Crippen MR) is 68.9 cm³/mol. The Bertz CT molecular complexity index is 528. The normalized spacial score (nSPS) is 17.6. The van der Waals surface area contributed by atoms with Gasteiger partial charge in [0.25, 0.3) is 0 Å². The molecule has 106 valence electrons. The molecule has 0 bridgehead atoms. The van der Waals surface area contributed by atoms with Crippen molar-refractivity contribution in [3.05, 3.63) is 34.9 Å². The van der Waals surface area contributed by atoms with Crippen molar-refractivity contribution in [2.75, 3.05) is 0 Å². The van der Waals surface area contributed by atoms with E-state index < -0.39 is 24.1 Å². The molecule has 1 atom stereocenters. The molecule has 0 aromatic heterocycles. The minimum absolute atomic E-state index is 0.0215. The Hall–Kier alpha value is -2.08. The van der Waals surface area contributed by atoms with Crippen molar-refractivity contribution in [1.82, 2.24) is 5.32 Å². The van der Waals surface area contributed by atoms with E-state index in [1.807, 2.05) is 0 Å². The van der Waals surface area contributed by atoms with E-state index in [0.29, 0.717) is 5.02 Å². The number of amides is 1. The van der Waals surface area contributed by atoms with Crippen LogP contribution in [0.1, 0.15) is 18.4 Å². The molecule has 1 N–H and O–H groups in total. The Balaban J connectivity index is 1.72. The summed E-state index contributed by atoms with van der Waals surface area (Å²) in [5.74, 6) is -1.12. The highest BCUT2D eigenvalue weighted by Gasteiger charge is 2.32. The van der Waals surface area contributed by atoms with Crippen molar-refractivity contribution >= 4 is 29.6 Å².